The number of rotatable bonds is 2. The molecule has 1 N–H and O–H groups in total. The van der Waals surface area contributed by atoms with Crippen LogP contribution in [0.4, 0.5) is 18.0 Å². The number of hydrogen-bond acceptors (Lipinski definition) is 4. The first-order valence-corrected chi connectivity index (χ1v) is 5.14. The van der Waals surface area contributed by atoms with Gasteiger partial charge in [-0.25, -0.2) is 4.79 Å². The molecule has 1 rings (SSSR count). The van der Waals surface area contributed by atoms with Crippen molar-refractivity contribution in [2.75, 3.05) is 39.8 Å². The topological polar surface area (TPSA) is 53.0 Å². The van der Waals surface area contributed by atoms with Gasteiger partial charge in [-0.05, 0) is 0 Å². The molecule has 1 atom stereocenters. The molecule has 0 saturated carbocycles. The number of alkyl halides is 3. The van der Waals surface area contributed by atoms with Crippen LogP contribution < -0.4 is 0 Å². The van der Waals surface area contributed by atoms with Gasteiger partial charge in [-0.15, -0.1) is 0 Å². The van der Waals surface area contributed by atoms with Crippen molar-refractivity contribution < 1.29 is 27.8 Å². The van der Waals surface area contributed by atoms with E-state index >= 15 is 0 Å². The number of nitrogens with zero attached hydrogens (tertiary/aromatic N) is 2. The van der Waals surface area contributed by atoms with E-state index in [0.29, 0.717) is 26.2 Å². The monoisotopic (exact) mass is 256 g/mol. The highest BCUT2D eigenvalue weighted by atomic mass is 19.4. The number of hydrogen-bond donors (Lipinski definition) is 1. The molecule has 1 fully saturated rings. The molecular formula is C9H15F3N2O3. The summed E-state index contributed by atoms with van der Waals surface area (Å²) in [6, 6.07) is 0. The van der Waals surface area contributed by atoms with Gasteiger partial charge in [0.1, 0.15) is 0 Å². The number of aliphatic hydroxyl groups is 1. The Morgan fingerprint density at radius 2 is 1.88 bits per heavy atom. The molecule has 1 saturated heterocycles. The Kier molecular flexibility index (Phi) is 4.58. The van der Waals surface area contributed by atoms with E-state index in [-0.39, 0.29) is 0 Å². The van der Waals surface area contributed by atoms with Gasteiger partial charge in [0.05, 0.1) is 7.11 Å². The molecule has 0 aromatic rings. The van der Waals surface area contributed by atoms with Crippen LogP contribution in [0.3, 0.4) is 0 Å². The van der Waals surface area contributed by atoms with Gasteiger partial charge in [-0.3, -0.25) is 4.90 Å². The lowest BCUT2D eigenvalue weighted by molar-refractivity contribution is -0.208. The van der Waals surface area contributed by atoms with Crippen LogP contribution in [0.15, 0.2) is 0 Å². The van der Waals surface area contributed by atoms with Crippen molar-refractivity contribution >= 4 is 6.09 Å². The van der Waals surface area contributed by atoms with Gasteiger partial charge in [-0.2, -0.15) is 13.2 Å². The first kappa shape index (κ1) is 14.0. The molecule has 1 amide bonds. The largest absolute Gasteiger partial charge is 0.453 e. The normalized spacial score (nSPS) is 20.2. The van der Waals surface area contributed by atoms with Crippen molar-refractivity contribution in [3.63, 3.8) is 0 Å². The Balaban J connectivity index is 2.35. The highest BCUT2D eigenvalue weighted by molar-refractivity contribution is 5.67. The van der Waals surface area contributed by atoms with E-state index in [1.807, 2.05) is 0 Å². The second kappa shape index (κ2) is 5.54. The maximum atomic E-state index is 12.1. The number of aliphatic hydroxyl groups excluding tert-OH is 1. The van der Waals surface area contributed by atoms with Gasteiger partial charge in [0.25, 0.3) is 0 Å². The van der Waals surface area contributed by atoms with Gasteiger partial charge >= 0.3 is 12.3 Å². The number of β-amino-alcohol motifs (C(OH)–C–C–N with tert-alkyl or cyclic N) is 1. The summed E-state index contributed by atoms with van der Waals surface area (Å²) in [5, 5.41) is 8.89. The second-order valence-corrected chi connectivity index (χ2v) is 3.82. The molecule has 1 aliphatic rings. The van der Waals surface area contributed by atoms with Crippen molar-refractivity contribution in [3.05, 3.63) is 0 Å². The fourth-order valence-corrected chi connectivity index (χ4v) is 1.59. The molecule has 100 valence electrons. The van der Waals surface area contributed by atoms with E-state index in [9.17, 15) is 18.0 Å². The lowest BCUT2D eigenvalue weighted by Crippen LogP contribution is -2.52. The zero-order chi connectivity index (χ0) is 13.1. The molecular weight excluding hydrogens is 241 g/mol. The second-order valence-electron chi connectivity index (χ2n) is 3.82. The zero-order valence-electron chi connectivity index (χ0n) is 9.40. The summed E-state index contributed by atoms with van der Waals surface area (Å²) in [7, 11) is 1.25. The number of halogens is 3. The van der Waals surface area contributed by atoms with Crippen LogP contribution in [0.5, 0.6) is 0 Å². The SMILES string of the molecule is COC(=O)N1CCN(C[C@@H](O)C(F)(F)F)CC1. The molecule has 5 nitrogen and oxygen atoms in total. The standard InChI is InChI=1S/C9H15F3N2O3/c1-17-8(16)14-4-2-13(3-5-14)6-7(15)9(10,11)12/h7,15H,2-6H2,1H3/t7-/m1/s1. The maximum absolute atomic E-state index is 12.1. The first-order chi connectivity index (χ1) is 7.84. The summed E-state index contributed by atoms with van der Waals surface area (Å²) < 4.78 is 40.8. The third-order valence-corrected chi connectivity index (χ3v) is 2.61. The molecule has 1 aliphatic heterocycles. The summed E-state index contributed by atoms with van der Waals surface area (Å²) in [6.07, 6.45) is -7.42. The minimum atomic E-state index is -4.60. The number of methoxy groups -OCH3 is 1. The van der Waals surface area contributed by atoms with E-state index in [2.05, 4.69) is 4.74 Å². The molecule has 8 heteroatoms. The molecule has 0 unspecified atom stereocenters. The van der Waals surface area contributed by atoms with Crippen molar-refractivity contribution in [2.45, 2.75) is 12.3 Å². The third kappa shape index (κ3) is 4.04. The summed E-state index contributed by atoms with van der Waals surface area (Å²) in [5.41, 5.74) is 0. The number of amides is 1. The van der Waals surface area contributed by atoms with E-state index in [1.165, 1.54) is 16.9 Å². The Bertz CT molecular complexity index is 265. The third-order valence-electron chi connectivity index (χ3n) is 2.61. The molecule has 0 bridgehead atoms. The lowest BCUT2D eigenvalue weighted by atomic mass is 10.2. The Hall–Kier alpha value is -1.02. The van der Waals surface area contributed by atoms with Crippen LogP contribution >= 0.6 is 0 Å². The Morgan fingerprint density at radius 1 is 1.35 bits per heavy atom. The lowest BCUT2D eigenvalue weighted by Gasteiger charge is -2.34. The van der Waals surface area contributed by atoms with Crippen LogP contribution in [0.25, 0.3) is 0 Å². The van der Waals surface area contributed by atoms with Crippen LogP contribution in [0, 0.1) is 0 Å². The van der Waals surface area contributed by atoms with Crippen LogP contribution in [-0.4, -0.2) is 73.1 Å². The van der Waals surface area contributed by atoms with Gasteiger partial charge in [0, 0.05) is 32.7 Å². The molecule has 1 heterocycles. The number of carbonyl (C=O) groups excluding carboxylic acids is 1. The fraction of sp³-hybridized carbons (Fsp3) is 0.889. The summed E-state index contributed by atoms with van der Waals surface area (Å²) in [5.74, 6) is 0. The van der Waals surface area contributed by atoms with Crippen molar-refractivity contribution in [3.8, 4) is 0 Å². The average molecular weight is 256 g/mol. The van der Waals surface area contributed by atoms with Gasteiger partial charge in [0.2, 0.25) is 0 Å². The van der Waals surface area contributed by atoms with Gasteiger partial charge in [-0.1, -0.05) is 0 Å². The zero-order valence-corrected chi connectivity index (χ0v) is 9.40. The molecule has 0 aliphatic carbocycles. The highest BCUT2D eigenvalue weighted by Gasteiger charge is 2.39. The number of ether oxygens (including phenoxy) is 1. The highest BCUT2D eigenvalue weighted by Crippen LogP contribution is 2.21. The van der Waals surface area contributed by atoms with Gasteiger partial charge < -0.3 is 14.7 Å². The molecule has 0 radical (unpaired) electrons. The summed E-state index contributed by atoms with van der Waals surface area (Å²) in [4.78, 5) is 14.0. The Morgan fingerprint density at radius 3 is 2.29 bits per heavy atom. The number of carbonyl (C=O) groups is 1. The van der Waals surface area contributed by atoms with Crippen molar-refractivity contribution in [2.24, 2.45) is 0 Å². The van der Waals surface area contributed by atoms with E-state index in [1.54, 1.807) is 0 Å². The molecule has 0 spiro atoms. The summed E-state index contributed by atoms with van der Waals surface area (Å²) >= 11 is 0. The smallest absolute Gasteiger partial charge is 0.415 e. The van der Waals surface area contributed by atoms with E-state index in [0.717, 1.165) is 0 Å². The van der Waals surface area contributed by atoms with E-state index < -0.39 is 24.9 Å². The van der Waals surface area contributed by atoms with Crippen LogP contribution in [0.1, 0.15) is 0 Å². The van der Waals surface area contributed by atoms with Crippen LogP contribution in [-0.2, 0) is 4.74 Å². The quantitative estimate of drug-likeness (QED) is 0.771. The average Bonchev–Trinajstić information content (AvgIpc) is 2.27. The predicted molar refractivity (Wildman–Crippen MR) is 52.5 cm³/mol. The minimum Gasteiger partial charge on any atom is -0.453 e. The fourth-order valence-electron chi connectivity index (χ4n) is 1.59. The molecule has 17 heavy (non-hydrogen) atoms. The van der Waals surface area contributed by atoms with Crippen molar-refractivity contribution in [1.82, 2.24) is 9.80 Å². The molecule has 0 aromatic heterocycles. The van der Waals surface area contributed by atoms with E-state index in [4.69, 9.17) is 5.11 Å². The molecule has 0 aromatic carbocycles. The predicted octanol–water partition coefficient (Wildman–Crippen LogP) is 0.294. The maximum Gasteiger partial charge on any atom is 0.415 e. The first-order valence-electron chi connectivity index (χ1n) is 5.14. The Labute approximate surface area is 96.7 Å². The van der Waals surface area contributed by atoms with Gasteiger partial charge in [0.15, 0.2) is 6.10 Å². The minimum absolute atomic E-state index is 0.294. The number of piperazine rings is 1. The summed E-state index contributed by atoms with van der Waals surface area (Å²) in [6.45, 7) is 0.734. The van der Waals surface area contributed by atoms with Crippen molar-refractivity contribution in [1.29, 1.82) is 0 Å². The van der Waals surface area contributed by atoms with Crippen LogP contribution in [0.2, 0.25) is 0 Å².